The molecule has 0 amide bonds. The Morgan fingerprint density at radius 3 is 1.72 bits per heavy atom. The van der Waals surface area contributed by atoms with E-state index in [1.165, 1.54) is 11.1 Å². The van der Waals surface area contributed by atoms with Crippen LogP contribution in [0.5, 0.6) is 0 Å². The summed E-state index contributed by atoms with van der Waals surface area (Å²) >= 11 is 0. The zero-order chi connectivity index (χ0) is 30.3. The van der Waals surface area contributed by atoms with Crippen molar-refractivity contribution in [2.24, 2.45) is 0 Å². The number of nitrogens with zero attached hydrogens (tertiary/aromatic N) is 1. The molecule has 0 fully saturated rings. The molecule has 0 aliphatic carbocycles. The molecule has 0 aliphatic heterocycles. The van der Waals surface area contributed by atoms with Crippen LogP contribution in [0.25, 0.3) is 0 Å². The van der Waals surface area contributed by atoms with Crippen LogP contribution in [0.15, 0.2) is 133 Å². The lowest BCUT2D eigenvalue weighted by molar-refractivity contribution is -0.159. The molecular weight excluding hydrogens is 534 g/mol. The molecule has 0 spiro atoms. The monoisotopic (exact) mass is 577 g/mol. The van der Waals surface area contributed by atoms with E-state index in [0.717, 1.165) is 24.2 Å². The molecule has 224 valence electrons. The summed E-state index contributed by atoms with van der Waals surface area (Å²) in [6.45, 7) is 7.65. The average Bonchev–Trinajstić information content (AvgIpc) is 3.01. The third kappa shape index (κ3) is 11.3. The minimum absolute atomic E-state index is 0.101. The van der Waals surface area contributed by atoms with Crippen molar-refractivity contribution in [3.05, 3.63) is 156 Å². The van der Waals surface area contributed by atoms with Gasteiger partial charge >= 0.3 is 5.97 Å². The molecule has 0 radical (unpaired) electrons. The second-order valence-electron chi connectivity index (χ2n) is 11.5. The molecule has 4 aromatic carbocycles. The van der Waals surface area contributed by atoms with Crippen LogP contribution >= 0.6 is 0 Å². The van der Waals surface area contributed by atoms with Gasteiger partial charge in [-0.2, -0.15) is 0 Å². The highest BCUT2D eigenvalue weighted by Gasteiger charge is 2.28. The van der Waals surface area contributed by atoms with Crippen LogP contribution in [0.3, 0.4) is 0 Å². The minimum atomic E-state index is -0.546. The van der Waals surface area contributed by atoms with Gasteiger partial charge in [-0.15, -0.1) is 0 Å². The molecular formula is C38H43NO4. The number of hydrogen-bond acceptors (Lipinski definition) is 5. The number of benzene rings is 4. The van der Waals surface area contributed by atoms with Crippen molar-refractivity contribution in [2.75, 3.05) is 13.2 Å². The quantitative estimate of drug-likeness (QED) is 0.0816. The minimum Gasteiger partial charge on any atom is -0.458 e. The first kappa shape index (κ1) is 31.9. The zero-order valence-electron chi connectivity index (χ0n) is 25.5. The molecule has 0 N–H and O–H groups in total. The standard InChI is InChI=1S/C38H43NO4/c1-38(2,3)43-36(40)30-41-26-16-25-35(37(34-23-14-7-15-24-34)42-29-33-21-12-6-13-22-33)39(27-31-17-8-4-9-18-31)28-32-19-10-5-11-20-32/h4-25,35,37H,26-30H2,1-3H3/b25-16+. The van der Waals surface area contributed by atoms with Crippen LogP contribution < -0.4 is 0 Å². The molecule has 0 aromatic heterocycles. The SMILES string of the molecule is CC(C)(C)OC(=O)COC/C=C/C(C(OCc1ccccc1)c1ccccc1)N(Cc1ccccc1)Cc1ccccc1. The fourth-order valence-corrected chi connectivity index (χ4v) is 4.89. The van der Waals surface area contributed by atoms with Crippen molar-refractivity contribution >= 4 is 5.97 Å². The average molecular weight is 578 g/mol. The number of esters is 1. The van der Waals surface area contributed by atoms with Crippen molar-refractivity contribution < 1.29 is 19.0 Å². The smallest absolute Gasteiger partial charge is 0.332 e. The maximum absolute atomic E-state index is 12.2. The lowest BCUT2D eigenvalue weighted by Crippen LogP contribution is -2.38. The van der Waals surface area contributed by atoms with Crippen LogP contribution in [0, 0.1) is 0 Å². The molecule has 5 nitrogen and oxygen atoms in total. The Balaban J connectivity index is 1.65. The second kappa shape index (κ2) is 16.6. The van der Waals surface area contributed by atoms with Gasteiger partial charge in [0, 0.05) is 13.1 Å². The van der Waals surface area contributed by atoms with E-state index >= 15 is 0 Å². The first-order valence-corrected chi connectivity index (χ1v) is 14.9. The summed E-state index contributed by atoms with van der Waals surface area (Å²) in [7, 11) is 0. The van der Waals surface area contributed by atoms with E-state index in [9.17, 15) is 4.79 Å². The maximum Gasteiger partial charge on any atom is 0.332 e. The maximum atomic E-state index is 12.2. The lowest BCUT2D eigenvalue weighted by atomic mass is 9.98. The van der Waals surface area contributed by atoms with Gasteiger partial charge in [-0.05, 0) is 43.0 Å². The topological polar surface area (TPSA) is 48.0 Å². The van der Waals surface area contributed by atoms with Crippen molar-refractivity contribution in [3.63, 3.8) is 0 Å². The highest BCUT2D eigenvalue weighted by atomic mass is 16.6. The Kier molecular flexibility index (Phi) is 12.3. The normalized spacial score (nSPS) is 13.2. The van der Waals surface area contributed by atoms with E-state index in [1.807, 2.05) is 63.2 Å². The second-order valence-corrected chi connectivity index (χ2v) is 11.5. The first-order valence-electron chi connectivity index (χ1n) is 14.9. The van der Waals surface area contributed by atoms with E-state index in [0.29, 0.717) is 6.61 Å². The summed E-state index contributed by atoms with van der Waals surface area (Å²) in [4.78, 5) is 14.6. The largest absolute Gasteiger partial charge is 0.458 e. The van der Waals surface area contributed by atoms with Crippen molar-refractivity contribution in [2.45, 2.75) is 58.2 Å². The van der Waals surface area contributed by atoms with E-state index in [-0.39, 0.29) is 31.3 Å². The predicted molar refractivity (Wildman–Crippen MR) is 172 cm³/mol. The third-order valence-electron chi connectivity index (χ3n) is 6.78. The number of carbonyl (C=O) groups is 1. The van der Waals surface area contributed by atoms with Gasteiger partial charge in [-0.25, -0.2) is 4.79 Å². The fourth-order valence-electron chi connectivity index (χ4n) is 4.89. The molecule has 0 saturated carbocycles. The van der Waals surface area contributed by atoms with Gasteiger partial charge in [-0.3, -0.25) is 4.90 Å². The van der Waals surface area contributed by atoms with Crippen LogP contribution in [0.1, 0.15) is 49.1 Å². The van der Waals surface area contributed by atoms with Gasteiger partial charge < -0.3 is 14.2 Å². The summed E-state index contributed by atoms with van der Waals surface area (Å²) in [6, 6.07) is 41.5. The Hall–Kier alpha value is -4.03. The molecule has 0 saturated heterocycles. The van der Waals surface area contributed by atoms with Crippen LogP contribution in [-0.2, 0) is 38.7 Å². The van der Waals surface area contributed by atoms with Gasteiger partial charge in [0.2, 0.25) is 0 Å². The molecule has 2 unspecified atom stereocenters. The molecule has 0 bridgehead atoms. The number of hydrogen-bond donors (Lipinski definition) is 0. The summed E-state index contributed by atoms with van der Waals surface area (Å²) < 4.78 is 17.9. The number of rotatable bonds is 15. The summed E-state index contributed by atoms with van der Waals surface area (Å²) in [6.07, 6.45) is 3.87. The van der Waals surface area contributed by atoms with Gasteiger partial charge in [0.15, 0.2) is 0 Å². The lowest BCUT2D eigenvalue weighted by Gasteiger charge is -2.36. The predicted octanol–water partition coefficient (Wildman–Crippen LogP) is 7.93. The molecule has 0 aliphatic rings. The summed E-state index contributed by atoms with van der Waals surface area (Å²) in [5.74, 6) is -0.374. The molecule has 0 heterocycles. The molecule has 4 aromatic rings. The van der Waals surface area contributed by atoms with Crippen molar-refractivity contribution in [1.29, 1.82) is 0 Å². The Bertz CT molecular complexity index is 1330. The highest BCUT2D eigenvalue weighted by molar-refractivity contribution is 5.71. The van der Waals surface area contributed by atoms with Gasteiger partial charge in [0.05, 0.1) is 19.3 Å². The van der Waals surface area contributed by atoms with Gasteiger partial charge in [0.1, 0.15) is 18.3 Å². The van der Waals surface area contributed by atoms with Crippen LogP contribution in [0.2, 0.25) is 0 Å². The van der Waals surface area contributed by atoms with E-state index in [1.54, 1.807) is 0 Å². The Morgan fingerprint density at radius 1 is 0.721 bits per heavy atom. The number of ether oxygens (including phenoxy) is 3. The van der Waals surface area contributed by atoms with Crippen molar-refractivity contribution in [1.82, 2.24) is 4.90 Å². The first-order chi connectivity index (χ1) is 20.9. The summed E-state index contributed by atoms with van der Waals surface area (Å²) in [5.41, 5.74) is 4.09. The zero-order valence-corrected chi connectivity index (χ0v) is 25.5. The Morgan fingerprint density at radius 2 is 1.21 bits per heavy atom. The van der Waals surface area contributed by atoms with Crippen LogP contribution in [0.4, 0.5) is 0 Å². The third-order valence-corrected chi connectivity index (χ3v) is 6.78. The summed E-state index contributed by atoms with van der Waals surface area (Å²) in [5, 5.41) is 0. The Labute approximate surface area is 256 Å². The highest BCUT2D eigenvalue weighted by Crippen LogP contribution is 2.30. The van der Waals surface area contributed by atoms with Crippen molar-refractivity contribution in [3.8, 4) is 0 Å². The fraction of sp³-hybridized carbons (Fsp3) is 0.289. The van der Waals surface area contributed by atoms with E-state index in [2.05, 4.69) is 95.9 Å². The van der Waals surface area contributed by atoms with Crippen LogP contribution in [-0.4, -0.2) is 35.7 Å². The van der Waals surface area contributed by atoms with Gasteiger partial charge in [-0.1, -0.05) is 133 Å². The van der Waals surface area contributed by atoms with Gasteiger partial charge in [0.25, 0.3) is 0 Å². The molecule has 43 heavy (non-hydrogen) atoms. The molecule has 5 heteroatoms. The number of carbonyl (C=O) groups excluding carboxylic acids is 1. The molecule has 2 atom stereocenters. The van der Waals surface area contributed by atoms with E-state index < -0.39 is 5.60 Å². The van der Waals surface area contributed by atoms with E-state index in [4.69, 9.17) is 14.2 Å². The molecule has 4 rings (SSSR count).